The maximum absolute atomic E-state index is 10.3. The molecule has 0 atom stereocenters. The normalized spacial score (nSPS) is 9.73. The summed E-state index contributed by atoms with van der Waals surface area (Å²) in [5.41, 5.74) is 0.148. The molecule has 1 aromatic rings. The van der Waals surface area contributed by atoms with E-state index in [1.54, 1.807) is 0 Å². The molecule has 11 heavy (non-hydrogen) atoms. The third-order valence-electron chi connectivity index (χ3n) is 0.921. The van der Waals surface area contributed by atoms with Crippen molar-refractivity contribution in [2.24, 2.45) is 0 Å². The molecule has 3 nitrogen and oxygen atoms in total. The first-order chi connectivity index (χ1) is 5.15. The number of nitrogens with zero attached hydrogens (tertiary/aromatic N) is 2. The fraction of sp³-hybridized carbons (Fsp3) is 0. The molecule has 6 heteroatoms. The minimum atomic E-state index is -0.0414. The molecule has 0 unspecified atom stereocenters. The third-order valence-corrected chi connectivity index (χ3v) is 2.37. The first-order valence-corrected chi connectivity index (χ1v) is 4.03. The third kappa shape index (κ3) is 1.89. The molecule has 0 saturated carbocycles. The zero-order chi connectivity index (χ0) is 8.43. The van der Waals surface area contributed by atoms with E-state index < -0.39 is 0 Å². The monoisotopic (exact) mass is 254 g/mol. The molecule has 1 rings (SSSR count). The zero-order valence-corrected chi connectivity index (χ0v) is 8.11. The van der Waals surface area contributed by atoms with E-state index in [1.165, 1.54) is 0 Å². The predicted octanol–water partition coefficient (Wildman–Crippen LogP) is 2.36. The molecule has 58 valence electrons. The first kappa shape index (κ1) is 8.90. The Kier molecular flexibility index (Phi) is 2.81. The van der Waals surface area contributed by atoms with Crippen LogP contribution in [-0.2, 0) is 0 Å². The summed E-state index contributed by atoms with van der Waals surface area (Å²) < 4.78 is 0.360. The molecule has 0 aliphatic rings. The largest absolute Gasteiger partial charge is 0.296 e. The van der Waals surface area contributed by atoms with Crippen LogP contribution in [0.2, 0.25) is 10.4 Å². The van der Waals surface area contributed by atoms with Gasteiger partial charge < -0.3 is 0 Å². The van der Waals surface area contributed by atoms with E-state index in [1.807, 2.05) is 0 Å². The molecule has 0 radical (unpaired) electrons. The Morgan fingerprint density at radius 3 is 2.55 bits per heavy atom. The van der Waals surface area contributed by atoms with Crippen molar-refractivity contribution in [2.45, 2.75) is 0 Å². The molecule has 0 bridgehead atoms. The highest BCUT2D eigenvalue weighted by atomic mass is 79.9. The number of aromatic nitrogens is 2. The Labute approximate surface area is 80.9 Å². The van der Waals surface area contributed by atoms with Gasteiger partial charge in [-0.25, -0.2) is 9.97 Å². The van der Waals surface area contributed by atoms with Crippen LogP contribution in [0, 0.1) is 0 Å². The Morgan fingerprint density at radius 1 is 1.36 bits per heavy atom. The quantitative estimate of drug-likeness (QED) is 0.440. The van der Waals surface area contributed by atoms with E-state index in [-0.39, 0.29) is 16.1 Å². The van der Waals surface area contributed by atoms with Gasteiger partial charge in [0.1, 0.15) is 10.8 Å². The topological polar surface area (TPSA) is 42.9 Å². The van der Waals surface area contributed by atoms with Crippen molar-refractivity contribution in [3.8, 4) is 0 Å². The van der Waals surface area contributed by atoms with Gasteiger partial charge in [0.15, 0.2) is 6.29 Å². The van der Waals surface area contributed by atoms with E-state index in [4.69, 9.17) is 23.2 Å². The average molecular weight is 256 g/mol. The molecular formula is C5HBrCl2N2O. The molecule has 0 N–H and O–H groups in total. The van der Waals surface area contributed by atoms with Gasteiger partial charge in [-0.2, -0.15) is 0 Å². The standard InChI is InChI=1S/C5HBrCl2N2O/c6-3-2(1-11)9-5(8)10-4(3)7/h1H. The van der Waals surface area contributed by atoms with Gasteiger partial charge in [-0.3, -0.25) is 4.79 Å². The lowest BCUT2D eigenvalue weighted by Crippen LogP contribution is -1.93. The smallest absolute Gasteiger partial charge is 0.224 e. The lowest BCUT2D eigenvalue weighted by Gasteiger charge is -1.96. The second kappa shape index (κ2) is 3.47. The molecule has 0 aliphatic carbocycles. The second-order valence-corrected chi connectivity index (χ2v) is 3.09. The van der Waals surface area contributed by atoms with Crippen LogP contribution in [-0.4, -0.2) is 16.3 Å². The molecule has 0 aliphatic heterocycles. The highest BCUT2D eigenvalue weighted by Gasteiger charge is 2.07. The summed E-state index contributed by atoms with van der Waals surface area (Å²) in [6, 6.07) is 0. The summed E-state index contributed by atoms with van der Waals surface area (Å²) in [6.07, 6.45) is 0.545. The van der Waals surface area contributed by atoms with E-state index in [9.17, 15) is 4.79 Å². The van der Waals surface area contributed by atoms with E-state index in [0.29, 0.717) is 10.8 Å². The van der Waals surface area contributed by atoms with Gasteiger partial charge in [0.2, 0.25) is 5.28 Å². The number of hydrogen-bond donors (Lipinski definition) is 0. The van der Waals surface area contributed by atoms with Gasteiger partial charge in [-0.1, -0.05) is 11.6 Å². The van der Waals surface area contributed by atoms with Crippen LogP contribution in [0.3, 0.4) is 0 Å². The number of halogens is 3. The van der Waals surface area contributed by atoms with Crippen LogP contribution in [0.4, 0.5) is 0 Å². The highest BCUT2D eigenvalue weighted by Crippen LogP contribution is 2.23. The van der Waals surface area contributed by atoms with Crippen LogP contribution >= 0.6 is 39.1 Å². The lowest BCUT2D eigenvalue weighted by atomic mass is 10.4. The maximum Gasteiger partial charge on any atom is 0.224 e. The van der Waals surface area contributed by atoms with Crippen LogP contribution < -0.4 is 0 Å². The Hall–Kier alpha value is -0.190. The number of hydrogen-bond acceptors (Lipinski definition) is 3. The Balaban J connectivity index is 3.35. The van der Waals surface area contributed by atoms with Crippen molar-refractivity contribution in [3.63, 3.8) is 0 Å². The van der Waals surface area contributed by atoms with Gasteiger partial charge in [-0.15, -0.1) is 0 Å². The summed E-state index contributed by atoms with van der Waals surface area (Å²) in [4.78, 5) is 17.5. The Bertz CT molecular complexity index is 305. The number of rotatable bonds is 1. The number of carbonyl (C=O) groups is 1. The summed E-state index contributed by atoms with van der Waals surface area (Å²) in [5.74, 6) is 0. The van der Waals surface area contributed by atoms with Gasteiger partial charge in [-0.05, 0) is 27.5 Å². The van der Waals surface area contributed by atoms with Gasteiger partial charge in [0.25, 0.3) is 0 Å². The van der Waals surface area contributed by atoms with Gasteiger partial charge >= 0.3 is 0 Å². The number of carbonyl (C=O) groups excluding carboxylic acids is 1. The Morgan fingerprint density at radius 2 is 2.00 bits per heavy atom. The highest BCUT2D eigenvalue weighted by molar-refractivity contribution is 9.10. The van der Waals surface area contributed by atoms with Crippen LogP contribution in [0.15, 0.2) is 4.47 Å². The van der Waals surface area contributed by atoms with Crippen molar-refractivity contribution < 1.29 is 4.79 Å². The molecule has 1 heterocycles. The van der Waals surface area contributed by atoms with Gasteiger partial charge in [0, 0.05) is 0 Å². The van der Waals surface area contributed by atoms with E-state index in [0.717, 1.165) is 0 Å². The van der Waals surface area contributed by atoms with Crippen molar-refractivity contribution in [3.05, 3.63) is 20.6 Å². The molecule has 0 aromatic carbocycles. The van der Waals surface area contributed by atoms with Crippen molar-refractivity contribution in [1.29, 1.82) is 0 Å². The first-order valence-electron chi connectivity index (χ1n) is 2.49. The molecule has 1 aromatic heterocycles. The molecule has 0 saturated heterocycles. The SMILES string of the molecule is O=Cc1nc(Cl)nc(Cl)c1Br. The van der Waals surface area contributed by atoms with E-state index >= 15 is 0 Å². The second-order valence-electron chi connectivity index (χ2n) is 1.60. The van der Waals surface area contributed by atoms with Crippen molar-refractivity contribution >= 4 is 45.4 Å². The van der Waals surface area contributed by atoms with E-state index in [2.05, 4.69) is 25.9 Å². The minimum absolute atomic E-state index is 0.0414. The van der Waals surface area contributed by atoms with Crippen LogP contribution in [0.5, 0.6) is 0 Å². The average Bonchev–Trinajstić information content (AvgIpc) is 1.96. The summed E-state index contributed by atoms with van der Waals surface area (Å²) in [7, 11) is 0. The summed E-state index contributed by atoms with van der Waals surface area (Å²) >= 11 is 14.0. The minimum Gasteiger partial charge on any atom is -0.296 e. The number of aldehydes is 1. The summed E-state index contributed by atoms with van der Waals surface area (Å²) in [6.45, 7) is 0. The summed E-state index contributed by atoms with van der Waals surface area (Å²) in [5, 5.41) is 0.0902. The van der Waals surface area contributed by atoms with Crippen molar-refractivity contribution in [1.82, 2.24) is 9.97 Å². The molecule has 0 amide bonds. The van der Waals surface area contributed by atoms with Crippen LogP contribution in [0.1, 0.15) is 10.5 Å². The van der Waals surface area contributed by atoms with Crippen molar-refractivity contribution in [2.75, 3.05) is 0 Å². The molecule has 0 fully saturated rings. The molecular weight excluding hydrogens is 255 g/mol. The fourth-order valence-electron chi connectivity index (χ4n) is 0.487. The fourth-order valence-corrected chi connectivity index (χ4v) is 1.15. The molecule has 0 spiro atoms. The maximum atomic E-state index is 10.3. The van der Waals surface area contributed by atoms with Gasteiger partial charge in [0.05, 0.1) is 4.47 Å². The zero-order valence-electron chi connectivity index (χ0n) is 5.01. The van der Waals surface area contributed by atoms with Crippen LogP contribution in [0.25, 0.3) is 0 Å². The predicted molar refractivity (Wildman–Crippen MR) is 45.1 cm³/mol. The lowest BCUT2D eigenvalue weighted by molar-refractivity contribution is 0.111.